The molecular formula is C32H43FN2O8. The lowest BCUT2D eigenvalue weighted by Crippen LogP contribution is -2.48. The highest BCUT2D eigenvalue weighted by molar-refractivity contribution is 6.27. The average Bonchev–Trinajstić information content (AvgIpc) is 3.40. The highest BCUT2D eigenvalue weighted by atomic mass is 19.1. The van der Waals surface area contributed by atoms with E-state index in [1.807, 2.05) is 36.1 Å². The van der Waals surface area contributed by atoms with E-state index in [4.69, 9.17) is 34.0 Å². The van der Waals surface area contributed by atoms with Gasteiger partial charge in [-0.15, -0.1) is 0 Å². The van der Waals surface area contributed by atoms with Crippen LogP contribution in [0.15, 0.2) is 48.5 Å². The molecule has 10 nitrogen and oxygen atoms in total. The number of hydrogen-bond acceptors (Lipinski definition) is 7. The minimum absolute atomic E-state index is 0.0976. The van der Waals surface area contributed by atoms with E-state index in [1.54, 1.807) is 12.1 Å². The van der Waals surface area contributed by atoms with Crippen molar-refractivity contribution in [1.82, 2.24) is 9.80 Å². The van der Waals surface area contributed by atoms with Gasteiger partial charge in [0.2, 0.25) is 5.91 Å². The van der Waals surface area contributed by atoms with E-state index in [2.05, 4.69) is 18.7 Å². The molecule has 2 heterocycles. The molecule has 0 saturated carbocycles. The Bertz CT molecular complexity index is 1150. The van der Waals surface area contributed by atoms with Crippen LogP contribution >= 0.6 is 0 Å². The zero-order valence-corrected chi connectivity index (χ0v) is 25.1. The van der Waals surface area contributed by atoms with Gasteiger partial charge in [-0.1, -0.05) is 38.1 Å². The van der Waals surface area contributed by atoms with Gasteiger partial charge in [-0.2, -0.15) is 0 Å². The number of carboxylic acid groups (broad SMARTS) is 2. The second-order valence-electron chi connectivity index (χ2n) is 11.4. The Morgan fingerprint density at radius 3 is 2.14 bits per heavy atom. The molecule has 0 radical (unpaired) electrons. The number of piperidine rings is 1. The molecule has 43 heavy (non-hydrogen) atoms. The Kier molecular flexibility index (Phi) is 13.4. The topological polar surface area (TPSA) is 126 Å². The molecule has 1 unspecified atom stereocenters. The van der Waals surface area contributed by atoms with Gasteiger partial charge in [0.15, 0.2) is 6.29 Å². The Balaban J connectivity index is 0.000000765. The Hall–Kier alpha value is -3.54. The molecule has 236 valence electrons. The minimum Gasteiger partial charge on any atom is -0.493 e. The van der Waals surface area contributed by atoms with Crippen molar-refractivity contribution in [2.75, 3.05) is 32.8 Å². The van der Waals surface area contributed by atoms with Crippen molar-refractivity contribution in [3.63, 3.8) is 0 Å². The molecular weight excluding hydrogens is 559 g/mol. The standard InChI is InChI=1S/C30H41FN2O4.C2H2O4/c1-22(2)20-35-28-10-6-24(7-11-28)18-29(34)33(19-25-4-8-26(31)9-5-25)27-12-15-32(16-13-27)17-14-30-36-21-23(3)37-30;3-1(4)2(5)6/h4-11,22-23,27,30H,12-21H2,1-3H3;(H,3,4)(H,5,6)/t23-,30?;/m0./s1. The second-order valence-corrected chi connectivity index (χ2v) is 11.4. The fourth-order valence-corrected chi connectivity index (χ4v) is 4.92. The summed E-state index contributed by atoms with van der Waals surface area (Å²) in [6.45, 7) is 10.9. The second kappa shape index (κ2) is 16.9. The molecule has 2 aromatic rings. The van der Waals surface area contributed by atoms with Crippen molar-refractivity contribution < 1.29 is 43.2 Å². The van der Waals surface area contributed by atoms with E-state index < -0.39 is 11.9 Å². The van der Waals surface area contributed by atoms with Gasteiger partial charge in [-0.3, -0.25) is 4.79 Å². The number of hydrogen-bond donors (Lipinski definition) is 2. The summed E-state index contributed by atoms with van der Waals surface area (Å²) in [6.07, 6.45) is 3.09. The van der Waals surface area contributed by atoms with Crippen LogP contribution in [0.1, 0.15) is 51.2 Å². The molecule has 2 fully saturated rings. The third kappa shape index (κ3) is 11.9. The number of nitrogens with zero attached hydrogens (tertiary/aromatic N) is 2. The van der Waals surface area contributed by atoms with Crippen molar-refractivity contribution in [3.05, 3.63) is 65.5 Å². The van der Waals surface area contributed by atoms with Crippen LogP contribution in [0, 0.1) is 11.7 Å². The summed E-state index contributed by atoms with van der Waals surface area (Å²) in [5.74, 6) is -2.53. The number of carbonyl (C=O) groups is 3. The van der Waals surface area contributed by atoms with Gasteiger partial charge >= 0.3 is 11.9 Å². The molecule has 4 rings (SSSR count). The maximum absolute atomic E-state index is 13.6. The number of rotatable bonds is 11. The van der Waals surface area contributed by atoms with Crippen LogP contribution in [0.4, 0.5) is 4.39 Å². The van der Waals surface area contributed by atoms with Crippen LogP contribution in [0.25, 0.3) is 0 Å². The van der Waals surface area contributed by atoms with Gasteiger partial charge in [0.25, 0.3) is 0 Å². The van der Waals surface area contributed by atoms with Gasteiger partial charge < -0.3 is 34.2 Å². The largest absolute Gasteiger partial charge is 0.493 e. The van der Waals surface area contributed by atoms with Gasteiger partial charge in [0.1, 0.15) is 11.6 Å². The summed E-state index contributed by atoms with van der Waals surface area (Å²) in [5, 5.41) is 14.8. The maximum atomic E-state index is 13.6. The SMILES string of the molecule is CC(C)COc1ccc(CC(=O)N(Cc2ccc(F)cc2)C2CCN(CCC3OC[C@H](C)O3)CC2)cc1.O=C(O)C(=O)O. The molecule has 0 aliphatic carbocycles. The normalized spacial score (nSPS) is 19.0. The highest BCUT2D eigenvalue weighted by Gasteiger charge is 2.29. The van der Waals surface area contributed by atoms with E-state index in [0.717, 1.165) is 55.8 Å². The minimum atomic E-state index is -1.82. The molecule has 0 bridgehead atoms. The summed E-state index contributed by atoms with van der Waals surface area (Å²) >= 11 is 0. The molecule has 2 aliphatic heterocycles. The molecule has 11 heteroatoms. The van der Waals surface area contributed by atoms with Gasteiger partial charge in [0, 0.05) is 38.6 Å². The number of benzene rings is 2. The van der Waals surface area contributed by atoms with E-state index in [-0.39, 0.29) is 30.2 Å². The third-order valence-corrected chi connectivity index (χ3v) is 7.21. The van der Waals surface area contributed by atoms with Crippen molar-refractivity contribution >= 4 is 17.8 Å². The molecule has 2 atom stereocenters. The quantitative estimate of drug-likeness (QED) is 0.364. The van der Waals surface area contributed by atoms with Crippen LogP contribution in [0.5, 0.6) is 5.75 Å². The fourth-order valence-electron chi connectivity index (χ4n) is 4.92. The smallest absolute Gasteiger partial charge is 0.414 e. The zero-order valence-electron chi connectivity index (χ0n) is 25.1. The lowest BCUT2D eigenvalue weighted by atomic mass is 10.0. The molecule has 1 amide bonds. The maximum Gasteiger partial charge on any atom is 0.414 e. The first-order valence-electron chi connectivity index (χ1n) is 14.7. The lowest BCUT2D eigenvalue weighted by Gasteiger charge is -2.39. The van der Waals surface area contributed by atoms with Crippen molar-refractivity contribution in [1.29, 1.82) is 0 Å². The third-order valence-electron chi connectivity index (χ3n) is 7.21. The summed E-state index contributed by atoms with van der Waals surface area (Å²) in [5.41, 5.74) is 1.91. The summed E-state index contributed by atoms with van der Waals surface area (Å²) < 4.78 is 30.7. The predicted octanol–water partition coefficient (Wildman–Crippen LogP) is 4.20. The number of aliphatic carboxylic acids is 2. The van der Waals surface area contributed by atoms with E-state index in [9.17, 15) is 9.18 Å². The molecule has 2 aliphatic rings. The van der Waals surface area contributed by atoms with E-state index in [1.165, 1.54) is 12.1 Å². The van der Waals surface area contributed by atoms with Crippen LogP contribution in [-0.2, 0) is 36.8 Å². The first kappa shape index (κ1) is 34.0. The van der Waals surface area contributed by atoms with E-state index in [0.29, 0.717) is 32.1 Å². The highest BCUT2D eigenvalue weighted by Crippen LogP contribution is 2.23. The first-order chi connectivity index (χ1) is 20.5. The molecule has 2 saturated heterocycles. The number of likely N-dealkylation sites (tertiary alicyclic amines) is 1. The Morgan fingerprint density at radius 1 is 1.00 bits per heavy atom. The lowest BCUT2D eigenvalue weighted by molar-refractivity contribution is -0.159. The average molecular weight is 603 g/mol. The van der Waals surface area contributed by atoms with Crippen LogP contribution in [0.3, 0.4) is 0 Å². The summed E-state index contributed by atoms with van der Waals surface area (Å²) in [6, 6.07) is 14.4. The number of ether oxygens (including phenoxy) is 3. The van der Waals surface area contributed by atoms with E-state index >= 15 is 0 Å². The Labute approximate surface area is 252 Å². The molecule has 0 aromatic heterocycles. The Morgan fingerprint density at radius 2 is 1.60 bits per heavy atom. The molecule has 0 spiro atoms. The summed E-state index contributed by atoms with van der Waals surface area (Å²) in [7, 11) is 0. The van der Waals surface area contributed by atoms with Crippen molar-refractivity contribution in [2.45, 2.75) is 71.4 Å². The monoisotopic (exact) mass is 602 g/mol. The number of amides is 1. The summed E-state index contributed by atoms with van der Waals surface area (Å²) in [4.78, 5) is 36.2. The van der Waals surface area contributed by atoms with Gasteiger partial charge in [-0.25, -0.2) is 14.0 Å². The van der Waals surface area contributed by atoms with Crippen molar-refractivity contribution in [3.8, 4) is 5.75 Å². The van der Waals surface area contributed by atoms with Crippen LogP contribution in [0.2, 0.25) is 0 Å². The first-order valence-corrected chi connectivity index (χ1v) is 14.7. The number of carbonyl (C=O) groups excluding carboxylic acids is 1. The fraction of sp³-hybridized carbons (Fsp3) is 0.531. The molecule has 2 aromatic carbocycles. The van der Waals surface area contributed by atoms with Crippen LogP contribution < -0.4 is 4.74 Å². The molecule has 2 N–H and O–H groups in total. The number of halogens is 1. The zero-order chi connectivity index (χ0) is 31.4. The number of carboxylic acids is 2. The predicted molar refractivity (Wildman–Crippen MR) is 157 cm³/mol. The van der Waals surface area contributed by atoms with Gasteiger partial charge in [0.05, 0.1) is 25.7 Å². The van der Waals surface area contributed by atoms with Crippen molar-refractivity contribution in [2.24, 2.45) is 5.92 Å². The van der Waals surface area contributed by atoms with Gasteiger partial charge in [-0.05, 0) is 61.1 Å². The van der Waals surface area contributed by atoms with Crippen LogP contribution in [-0.4, -0.2) is 89.1 Å².